The van der Waals surface area contributed by atoms with E-state index in [9.17, 15) is 0 Å². The number of aromatic nitrogens is 2. The Morgan fingerprint density at radius 1 is 1.14 bits per heavy atom. The lowest BCUT2D eigenvalue weighted by molar-refractivity contribution is 0.119. The first kappa shape index (κ1) is 15.6. The van der Waals surface area contributed by atoms with E-state index < -0.39 is 0 Å². The van der Waals surface area contributed by atoms with Crippen LogP contribution >= 0.6 is 11.3 Å². The summed E-state index contributed by atoms with van der Waals surface area (Å²) in [6.07, 6.45) is 2.28. The molecule has 0 aliphatic carbocycles. The van der Waals surface area contributed by atoms with Crippen molar-refractivity contribution in [3.05, 3.63) is 33.6 Å². The minimum absolute atomic E-state index is 0.889. The van der Waals surface area contributed by atoms with Crippen molar-refractivity contribution in [3.63, 3.8) is 0 Å². The van der Waals surface area contributed by atoms with Crippen molar-refractivity contribution >= 4 is 11.3 Å². The van der Waals surface area contributed by atoms with Crippen molar-refractivity contribution in [2.75, 3.05) is 26.2 Å². The van der Waals surface area contributed by atoms with Gasteiger partial charge in [-0.05, 0) is 19.8 Å². The number of aryl methyl sites for hydroxylation is 2. The average Bonchev–Trinajstić information content (AvgIpc) is 3.11. The first-order valence-corrected chi connectivity index (χ1v) is 8.91. The van der Waals surface area contributed by atoms with E-state index in [0.717, 1.165) is 57.1 Å². The fourth-order valence-corrected chi connectivity index (χ4v) is 3.70. The van der Waals surface area contributed by atoms with Crippen molar-refractivity contribution in [3.8, 4) is 0 Å². The third-order valence-corrected chi connectivity index (χ3v) is 4.93. The van der Waals surface area contributed by atoms with Crippen LogP contribution in [0, 0.1) is 6.92 Å². The van der Waals surface area contributed by atoms with Gasteiger partial charge in [0.05, 0.1) is 16.4 Å². The molecule has 0 spiro atoms. The van der Waals surface area contributed by atoms with Gasteiger partial charge in [0.1, 0.15) is 5.76 Å². The molecule has 1 aliphatic heterocycles. The number of hydrogen-bond acceptors (Lipinski definition) is 6. The van der Waals surface area contributed by atoms with Gasteiger partial charge in [-0.2, -0.15) is 0 Å². The summed E-state index contributed by atoms with van der Waals surface area (Å²) in [5.74, 6) is 0.889. The van der Waals surface area contributed by atoms with Gasteiger partial charge in [0.25, 0.3) is 0 Å². The molecular weight excluding hydrogens is 296 g/mol. The van der Waals surface area contributed by atoms with Crippen molar-refractivity contribution in [2.24, 2.45) is 0 Å². The van der Waals surface area contributed by atoms with Crippen LogP contribution in [0.25, 0.3) is 0 Å². The SMILES string of the molecule is CCCc1nc(CN2CCN(Cc3cc(C)on3)CC2)cs1. The highest BCUT2D eigenvalue weighted by Crippen LogP contribution is 2.15. The maximum absolute atomic E-state index is 5.13. The molecule has 22 heavy (non-hydrogen) atoms. The van der Waals surface area contributed by atoms with Gasteiger partial charge in [-0.15, -0.1) is 11.3 Å². The largest absolute Gasteiger partial charge is 0.361 e. The van der Waals surface area contributed by atoms with Crippen LogP contribution in [0.2, 0.25) is 0 Å². The number of thiazole rings is 1. The van der Waals surface area contributed by atoms with Crippen LogP contribution in [0.3, 0.4) is 0 Å². The Hall–Kier alpha value is -1.24. The van der Waals surface area contributed by atoms with E-state index in [1.54, 1.807) is 11.3 Å². The predicted octanol–water partition coefficient (Wildman–Crippen LogP) is 2.71. The number of piperazine rings is 1. The van der Waals surface area contributed by atoms with Crippen molar-refractivity contribution in [1.82, 2.24) is 19.9 Å². The van der Waals surface area contributed by atoms with Crippen LogP contribution in [-0.4, -0.2) is 46.1 Å². The van der Waals surface area contributed by atoms with Crippen LogP contribution in [0.4, 0.5) is 0 Å². The lowest BCUT2D eigenvalue weighted by atomic mass is 10.2. The molecule has 1 saturated heterocycles. The van der Waals surface area contributed by atoms with Crippen LogP contribution in [0.1, 0.15) is 35.5 Å². The van der Waals surface area contributed by atoms with Gasteiger partial charge >= 0.3 is 0 Å². The summed E-state index contributed by atoms with van der Waals surface area (Å²) in [5, 5.41) is 7.57. The standard InChI is InChI=1S/C16H24N4OS/c1-3-4-16-17-15(12-22-16)11-20-7-5-19(6-8-20)10-14-9-13(2)21-18-14/h9,12H,3-8,10-11H2,1-2H3. The summed E-state index contributed by atoms with van der Waals surface area (Å²) in [6.45, 7) is 10.4. The van der Waals surface area contributed by atoms with Gasteiger partial charge < -0.3 is 4.52 Å². The van der Waals surface area contributed by atoms with Gasteiger partial charge in [-0.25, -0.2) is 4.98 Å². The molecule has 120 valence electrons. The van der Waals surface area contributed by atoms with E-state index in [-0.39, 0.29) is 0 Å². The van der Waals surface area contributed by atoms with Gasteiger partial charge in [0.15, 0.2) is 0 Å². The molecule has 3 rings (SSSR count). The lowest BCUT2D eigenvalue weighted by Gasteiger charge is -2.33. The maximum Gasteiger partial charge on any atom is 0.133 e. The number of hydrogen-bond donors (Lipinski definition) is 0. The van der Waals surface area contributed by atoms with E-state index in [4.69, 9.17) is 9.51 Å². The van der Waals surface area contributed by atoms with Crippen molar-refractivity contribution in [2.45, 2.75) is 39.8 Å². The fourth-order valence-electron chi connectivity index (χ4n) is 2.81. The topological polar surface area (TPSA) is 45.4 Å². The summed E-state index contributed by atoms with van der Waals surface area (Å²) in [4.78, 5) is 9.66. The quantitative estimate of drug-likeness (QED) is 0.819. The first-order chi connectivity index (χ1) is 10.7. The third kappa shape index (κ3) is 4.15. The molecular formula is C16H24N4OS. The fraction of sp³-hybridized carbons (Fsp3) is 0.625. The molecule has 0 amide bonds. The second-order valence-electron chi connectivity index (χ2n) is 5.96. The average molecular weight is 320 g/mol. The van der Waals surface area contributed by atoms with E-state index >= 15 is 0 Å². The second kappa shape index (κ2) is 7.35. The Labute approximate surface area is 135 Å². The molecule has 0 saturated carbocycles. The van der Waals surface area contributed by atoms with Gasteiger partial charge in [0, 0.05) is 50.7 Å². The summed E-state index contributed by atoms with van der Waals surface area (Å²) in [7, 11) is 0. The van der Waals surface area contributed by atoms with E-state index in [0.29, 0.717) is 0 Å². The zero-order valence-electron chi connectivity index (χ0n) is 13.4. The molecule has 0 bridgehead atoms. The van der Waals surface area contributed by atoms with Gasteiger partial charge in [-0.1, -0.05) is 12.1 Å². The Bertz CT molecular complexity index is 586. The highest BCUT2D eigenvalue weighted by atomic mass is 32.1. The van der Waals surface area contributed by atoms with E-state index in [2.05, 4.69) is 27.3 Å². The number of nitrogens with zero attached hydrogens (tertiary/aromatic N) is 4. The summed E-state index contributed by atoms with van der Waals surface area (Å²) >= 11 is 1.80. The lowest BCUT2D eigenvalue weighted by Crippen LogP contribution is -2.45. The highest BCUT2D eigenvalue weighted by molar-refractivity contribution is 7.09. The minimum atomic E-state index is 0.889. The molecule has 1 aliphatic rings. The van der Waals surface area contributed by atoms with Crippen molar-refractivity contribution in [1.29, 1.82) is 0 Å². The molecule has 5 nitrogen and oxygen atoms in total. The minimum Gasteiger partial charge on any atom is -0.361 e. The summed E-state index contributed by atoms with van der Waals surface area (Å²) in [6, 6.07) is 2.02. The molecule has 0 N–H and O–H groups in total. The molecule has 0 atom stereocenters. The molecule has 1 fully saturated rings. The zero-order valence-corrected chi connectivity index (χ0v) is 14.2. The van der Waals surface area contributed by atoms with Gasteiger partial charge in [-0.3, -0.25) is 9.80 Å². The Kier molecular flexibility index (Phi) is 5.23. The van der Waals surface area contributed by atoms with Crippen LogP contribution in [-0.2, 0) is 19.5 Å². The van der Waals surface area contributed by atoms with Crippen LogP contribution in [0.5, 0.6) is 0 Å². The molecule has 3 heterocycles. The monoisotopic (exact) mass is 320 g/mol. The number of rotatable bonds is 6. The third-order valence-electron chi connectivity index (χ3n) is 3.98. The predicted molar refractivity (Wildman–Crippen MR) is 87.9 cm³/mol. The molecule has 0 unspecified atom stereocenters. The zero-order chi connectivity index (χ0) is 15.4. The highest BCUT2D eigenvalue weighted by Gasteiger charge is 2.18. The summed E-state index contributed by atoms with van der Waals surface area (Å²) in [5.41, 5.74) is 2.27. The van der Waals surface area contributed by atoms with Gasteiger partial charge in [0.2, 0.25) is 0 Å². The van der Waals surface area contributed by atoms with E-state index in [1.807, 2.05) is 13.0 Å². The molecule has 2 aromatic heterocycles. The second-order valence-corrected chi connectivity index (χ2v) is 6.91. The Morgan fingerprint density at radius 3 is 2.41 bits per heavy atom. The van der Waals surface area contributed by atoms with E-state index in [1.165, 1.54) is 17.1 Å². The first-order valence-electron chi connectivity index (χ1n) is 8.03. The normalized spacial score (nSPS) is 17.2. The Balaban J connectivity index is 1.44. The molecule has 0 radical (unpaired) electrons. The van der Waals surface area contributed by atoms with Crippen molar-refractivity contribution < 1.29 is 4.52 Å². The maximum atomic E-state index is 5.13. The molecule has 2 aromatic rings. The van der Waals surface area contributed by atoms with Crippen LogP contribution in [0.15, 0.2) is 16.0 Å². The molecule has 6 heteroatoms. The van der Waals surface area contributed by atoms with Crippen LogP contribution < -0.4 is 0 Å². The smallest absolute Gasteiger partial charge is 0.133 e. The summed E-state index contributed by atoms with van der Waals surface area (Å²) < 4.78 is 5.13. The Morgan fingerprint density at radius 2 is 1.82 bits per heavy atom. The molecule has 0 aromatic carbocycles.